The molecule has 1 fully saturated rings. The zero-order chi connectivity index (χ0) is 14.1. The molecule has 3 N–H and O–H groups in total. The quantitative estimate of drug-likeness (QED) is 0.553. The Hall–Kier alpha value is -0.160. The Bertz CT molecular complexity index is 226. The molecule has 0 heterocycles. The van der Waals surface area contributed by atoms with Gasteiger partial charge in [-0.15, -0.1) is 0 Å². The zero-order valence-electron chi connectivity index (χ0n) is 12.7. The van der Waals surface area contributed by atoms with Gasteiger partial charge in [0.15, 0.2) is 0 Å². The molecule has 0 atom stereocenters. The highest BCUT2D eigenvalue weighted by molar-refractivity contribution is 4.76. The van der Waals surface area contributed by atoms with Crippen LogP contribution in [0.15, 0.2) is 0 Å². The summed E-state index contributed by atoms with van der Waals surface area (Å²) in [5.74, 6) is 0. The van der Waals surface area contributed by atoms with E-state index in [9.17, 15) is 10.2 Å². The predicted octanol–water partition coefficient (Wildman–Crippen LogP) is 1.22. The number of nitrogens with zero attached hydrogens (tertiary/aromatic N) is 1. The summed E-state index contributed by atoms with van der Waals surface area (Å²) in [7, 11) is 2.24. The lowest BCUT2D eigenvalue weighted by Gasteiger charge is -2.31. The molecule has 0 amide bonds. The highest BCUT2D eigenvalue weighted by atomic mass is 16.3. The van der Waals surface area contributed by atoms with Gasteiger partial charge in [0.1, 0.15) is 0 Å². The summed E-state index contributed by atoms with van der Waals surface area (Å²) in [4.78, 5) is 2.50. The summed E-state index contributed by atoms with van der Waals surface area (Å²) < 4.78 is 0. The molecule has 0 bridgehead atoms. The molecule has 1 saturated carbocycles. The van der Waals surface area contributed by atoms with Crippen LogP contribution < -0.4 is 5.32 Å². The highest BCUT2D eigenvalue weighted by Crippen LogP contribution is 2.21. The fourth-order valence-electron chi connectivity index (χ4n) is 2.71. The van der Waals surface area contributed by atoms with E-state index in [0.717, 1.165) is 25.6 Å². The molecule has 1 rings (SSSR count). The van der Waals surface area contributed by atoms with Gasteiger partial charge in [-0.05, 0) is 39.4 Å². The maximum Gasteiger partial charge on any atom is 0.0518 e. The molecule has 1 aliphatic rings. The molecular formula is C15H32N2O2. The fraction of sp³-hybridized carbons (Fsp3) is 1.00. The Kier molecular flexibility index (Phi) is 7.91. The lowest BCUT2D eigenvalue weighted by Crippen LogP contribution is -2.39. The topological polar surface area (TPSA) is 55.7 Å². The minimum atomic E-state index is -0.394. The molecule has 4 heteroatoms. The summed E-state index contributed by atoms with van der Waals surface area (Å²) >= 11 is 0. The molecule has 0 aromatic rings. The van der Waals surface area contributed by atoms with Crippen LogP contribution in [-0.4, -0.2) is 61.1 Å². The maximum atomic E-state index is 9.19. The van der Waals surface area contributed by atoms with Gasteiger partial charge in [0.25, 0.3) is 0 Å². The van der Waals surface area contributed by atoms with Crippen molar-refractivity contribution >= 4 is 0 Å². The van der Waals surface area contributed by atoms with Gasteiger partial charge < -0.3 is 20.4 Å². The first-order valence-corrected chi connectivity index (χ1v) is 7.74. The lowest BCUT2D eigenvalue weighted by molar-refractivity contribution is 0.0696. The van der Waals surface area contributed by atoms with Crippen LogP contribution in [0, 0.1) is 5.41 Å². The second-order valence-corrected chi connectivity index (χ2v) is 6.43. The minimum absolute atomic E-state index is 0.0263. The summed E-state index contributed by atoms with van der Waals surface area (Å²) in [6.07, 6.45) is 8.03. The van der Waals surface area contributed by atoms with Crippen molar-refractivity contribution in [2.75, 3.05) is 39.9 Å². The molecule has 1 aliphatic carbocycles. The molecule has 114 valence electrons. The lowest BCUT2D eigenvalue weighted by atomic mass is 9.93. The van der Waals surface area contributed by atoms with Crippen molar-refractivity contribution in [2.45, 2.75) is 51.5 Å². The zero-order valence-corrected chi connectivity index (χ0v) is 12.7. The van der Waals surface area contributed by atoms with Crippen molar-refractivity contribution in [3.8, 4) is 0 Å². The van der Waals surface area contributed by atoms with Crippen LogP contribution in [0.4, 0.5) is 0 Å². The average molecular weight is 272 g/mol. The first-order chi connectivity index (χ1) is 9.11. The van der Waals surface area contributed by atoms with Crippen LogP contribution in [0.5, 0.6) is 0 Å². The third kappa shape index (κ3) is 6.21. The van der Waals surface area contributed by atoms with Gasteiger partial charge in [-0.3, -0.25) is 0 Å². The molecule has 19 heavy (non-hydrogen) atoms. The van der Waals surface area contributed by atoms with E-state index < -0.39 is 5.41 Å². The van der Waals surface area contributed by atoms with Gasteiger partial charge in [-0.2, -0.15) is 0 Å². The van der Waals surface area contributed by atoms with Crippen LogP contribution in [0.3, 0.4) is 0 Å². The Morgan fingerprint density at radius 1 is 1.16 bits per heavy atom. The number of hydrogen-bond donors (Lipinski definition) is 3. The third-order valence-electron chi connectivity index (χ3n) is 4.38. The van der Waals surface area contributed by atoms with E-state index in [1.54, 1.807) is 0 Å². The van der Waals surface area contributed by atoms with Crippen LogP contribution in [0.2, 0.25) is 0 Å². The van der Waals surface area contributed by atoms with Gasteiger partial charge in [0.05, 0.1) is 13.2 Å². The van der Waals surface area contributed by atoms with Crippen LogP contribution in [-0.2, 0) is 0 Å². The van der Waals surface area contributed by atoms with E-state index in [1.807, 2.05) is 6.92 Å². The van der Waals surface area contributed by atoms with Crippen molar-refractivity contribution in [3.05, 3.63) is 0 Å². The average Bonchev–Trinajstić information content (AvgIpc) is 2.47. The van der Waals surface area contributed by atoms with Crippen LogP contribution in [0.25, 0.3) is 0 Å². The Balaban J connectivity index is 2.06. The Morgan fingerprint density at radius 3 is 2.37 bits per heavy atom. The smallest absolute Gasteiger partial charge is 0.0518 e. The van der Waals surface area contributed by atoms with Crippen LogP contribution in [0.1, 0.15) is 45.4 Å². The van der Waals surface area contributed by atoms with E-state index in [2.05, 4.69) is 17.3 Å². The Labute approximate surface area is 118 Å². The number of nitrogens with one attached hydrogen (secondary N) is 1. The first kappa shape index (κ1) is 16.9. The van der Waals surface area contributed by atoms with Gasteiger partial charge in [0, 0.05) is 18.0 Å². The summed E-state index contributed by atoms with van der Waals surface area (Å²) in [5, 5.41) is 21.7. The molecule has 0 aromatic carbocycles. The third-order valence-corrected chi connectivity index (χ3v) is 4.38. The first-order valence-electron chi connectivity index (χ1n) is 7.74. The molecule has 0 spiro atoms. The van der Waals surface area contributed by atoms with Crippen molar-refractivity contribution in [1.29, 1.82) is 0 Å². The molecule has 0 radical (unpaired) electrons. The number of aliphatic hydroxyl groups is 2. The maximum absolute atomic E-state index is 9.19. The van der Waals surface area contributed by atoms with Gasteiger partial charge in [0.2, 0.25) is 0 Å². The van der Waals surface area contributed by atoms with E-state index in [1.165, 1.54) is 32.1 Å². The van der Waals surface area contributed by atoms with E-state index >= 15 is 0 Å². The van der Waals surface area contributed by atoms with E-state index in [4.69, 9.17) is 0 Å². The largest absolute Gasteiger partial charge is 0.396 e. The van der Waals surface area contributed by atoms with Gasteiger partial charge >= 0.3 is 0 Å². The van der Waals surface area contributed by atoms with Crippen molar-refractivity contribution in [3.63, 3.8) is 0 Å². The number of aliphatic hydroxyl groups excluding tert-OH is 2. The highest BCUT2D eigenvalue weighted by Gasteiger charge is 2.21. The second-order valence-electron chi connectivity index (χ2n) is 6.43. The van der Waals surface area contributed by atoms with Gasteiger partial charge in [-0.25, -0.2) is 0 Å². The van der Waals surface area contributed by atoms with E-state index in [0.29, 0.717) is 6.54 Å². The molecule has 0 unspecified atom stereocenters. The molecular weight excluding hydrogens is 240 g/mol. The number of rotatable bonds is 9. The van der Waals surface area contributed by atoms with Gasteiger partial charge in [-0.1, -0.05) is 26.2 Å². The van der Waals surface area contributed by atoms with Crippen molar-refractivity contribution in [1.82, 2.24) is 10.2 Å². The second kappa shape index (κ2) is 8.90. The summed E-state index contributed by atoms with van der Waals surface area (Å²) in [6, 6.07) is 0.786. The predicted molar refractivity (Wildman–Crippen MR) is 79.3 cm³/mol. The van der Waals surface area contributed by atoms with Crippen molar-refractivity contribution in [2.24, 2.45) is 5.41 Å². The SMILES string of the molecule is CN(CCCNCC(C)(CO)CO)C1CCCCC1. The summed E-state index contributed by atoms with van der Waals surface area (Å²) in [5.41, 5.74) is -0.394. The fourth-order valence-corrected chi connectivity index (χ4v) is 2.71. The van der Waals surface area contributed by atoms with Crippen molar-refractivity contribution < 1.29 is 10.2 Å². The van der Waals surface area contributed by atoms with E-state index in [-0.39, 0.29) is 13.2 Å². The normalized spacial score (nSPS) is 18.2. The number of hydrogen-bond acceptors (Lipinski definition) is 4. The van der Waals surface area contributed by atoms with Crippen LogP contribution >= 0.6 is 0 Å². The minimum Gasteiger partial charge on any atom is -0.396 e. The standard InChI is InChI=1S/C15H32N2O2/c1-15(12-18,13-19)11-16-9-6-10-17(2)14-7-4-3-5-8-14/h14,16,18-19H,3-13H2,1-2H3. The monoisotopic (exact) mass is 272 g/mol. The molecule has 4 nitrogen and oxygen atoms in total. The summed E-state index contributed by atoms with van der Waals surface area (Å²) in [6.45, 7) is 4.71. The Morgan fingerprint density at radius 2 is 1.79 bits per heavy atom. The molecule has 0 saturated heterocycles. The molecule has 0 aliphatic heterocycles. The molecule has 0 aromatic heterocycles.